The van der Waals surface area contributed by atoms with E-state index in [0.29, 0.717) is 0 Å². The summed E-state index contributed by atoms with van der Waals surface area (Å²) in [6, 6.07) is 3.10. The molecule has 1 aromatic carbocycles. The molecule has 0 aliphatic rings. The molecule has 25 heavy (non-hydrogen) atoms. The summed E-state index contributed by atoms with van der Waals surface area (Å²) in [6.45, 7) is -1.02. The second-order valence-electron chi connectivity index (χ2n) is 4.63. The van der Waals surface area contributed by atoms with Gasteiger partial charge in [-0.2, -0.15) is 18.2 Å². The van der Waals surface area contributed by atoms with E-state index in [9.17, 15) is 31.1 Å². The molecule has 136 valence electrons. The van der Waals surface area contributed by atoms with E-state index in [2.05, 4.69) is 19.5 Å². The highest BCUT2D eigenvalue weighted by molar-refractivity contribution is 5.77. The molecule has 1 N–H and O–H groups in total. The lowest BCUT2D eigenvalue weighted by Gasteiger charge is -2.06. The molecule has 0 saturated carbocycles. The van der Waals surface area contributed by atoms with Gasteiger partial charge in [-0.15, -0.1) is 0 Å². The molecule has 0 unspecified atom stereocenters. The minimum Gasteiger partial charge on any atom is -0.329 e. The highest BCUT2D eigenvalue weighted by Gasteiger charge is 2.38. The van der Waals surface area contributed by atoms with E-state index in [4.69, 9.17) is 0 Å². The number of amides is 1. The number of nitrogens with one attached hydrogen (secondary N) is 1. The zero-order valence-corrected chi connectivity index (χ0v) is 12.1. The smallest absolute Gasteiger partial charge is 0.329 e. The van der Waals surface area contributed by atoms with E-state index in [1.54, 1.807) is 5.48 Å². The summed E-state index contributed by atoms with van der Waals surface area (Å²) in [5.74, 6) is -3.88. The molecule has 2 aromatic rings. The second-order valence-corrected chi connectivity index (χ2v) is 4.63. The Kier molecular flexibility index (Phi) is 5.62. The largest absolute Gasteiger partial charge is 0.471 e. The van der Waals surface area contributed by atoms with Crippen molar-refractivity contribution >= 4 is 5.91 Å². The van der Waals surface area contributed by atoms with Gasteiger partial charge in [-0.05, 0) is 11.6 Å². The number of rotatable bonds is 6. The Bertz CT molecular complexity index is 747. The number of carbonyl (C=O) groups excluding carboxylic acids is 1. The molecular formula is C13H9F6N3O3. The minimum absolute atomic E-state index is 0.102. The van der Waals surface area contributed by atoms with Crippen LogP contribution in [0.4, 0.5) is 26.3 Å². The van der Waals surface area contributed by atoms with Gasteiger partial charge in [0.05, 0.1) is 6.42 Å². The maximum absolute atomic E-state index is 13.9. The van der Waals surface area contributed by atoms with Gasteiger partial charge >= 0.3 is 12.1 Å². The van der Waals surface area contributed by atoms with E-state index in [0.717, 1.165) is 12.1 Å². The Balaban J connectivity index is 2.05. The van der Waals surface area contributed by atoms with Crippen molar-refractivity contribution in [3.63, 3.8) is 0 Å². The van der Waals surface area contributed by atoms with E-state index in [-0.39, 0.29) is 11.1 Å². The SMILES string of the molecule is O=C(Cc1ccc(-c2noc(C(F)(F)F)n2)cc1F)NOCC(F)F. The lowest BCUT2D eigenvalue weighted by atomic mass is 10.1. The van der Waals surface area contributed by atoms with Gasteiger partial charge in [0.1, 0.15) is 12.4 Å². The van der Waals surface area contributed by atoms with Crippen molar-refractivity contribution in [2.24, 2.45) is 0 Å². The molecule has 0 radical (unpaired) electrons. The number of hydroxylamine groups is 1. The molecule has 1 heterocycles. The standard InChI is InChI=1S/C13H9F6N3O3/c14-8-3-7(11-20-12(25-22-11)13(17,18)19)2-1-6(8)4-10(23)21-24-5-9(15)16/h1-3,9H,4-5H2,(H,21,23). The molecule has 0 aliphatic heterocycles. The summed E-state index contributed by atoms with van der Waals surface area (Å²) in [5.41, 5.74) is 1.47. The maximum Gasteiger partial charge on any atom is 0.471 e. The predicted molar refractivity (Wildman–Crippen MR) is 68.5 cm³/mol. The van der Waals surface area contributed by atoms with Crippen LogP contribution in [0.5, 0.6) is 0 Å². The number of carbonyl (C=O) groups is 1. The fourth-order valence-electron chi connectivity index (χ4n) is 1.68. The van der Waals surface area contributed by atoms with Crippen LogP contribution in [-0.2, 0) is 22.2 Å². The number of nitrogens with zero attached hydrogens (tertiary/aromatic N) is 2. The third kappa shape index (κ3) is 5.17. The normalized spacial score (nSPS) is 11.8. The Hall–Kier alpha value is -2.63. The Morgan fingerprint density at radius 2 is 2.04 bits per heavy atom. The first-order valence-electron chi connectivity index (χ1n) is 6.55. The van der Waals surface area contributed by atoms with Gasteiger partial charge in [-0.25, -0.2) is 18.7 Å². The van der Waals surface area contributed by atoms with Crippen LogP contribution in [0, 0.1) is 5.82 Å². The fourth-order valence-corrected chi connectivity index (χ4v) is 1.68. The summed E-state index contributed by atoms with van der Waals surface area (Å²) in [7, 11) is 0. The summed E-state index contributed by atoms with van der Waals surface area (Å²) in [4.78, 5) is 18.7. The molecule has 0 fully saturated rings. The monoisotopic (exact) mass is 369 g/mol. The highest BCUT2D eigenvalue weighted by atomic mass is 19.4. The van der Waals surface area contributed by atoms with Crippen molar-refractivity contribution in [1.29, 1.82) is 0 Å². The van der Waals surface area contributed by atoms with Gasteiger partial charge in [0, 0.05) is 5.56 Å². The Morgan fingerprint density at radius 3 is 2.60 bits per heavy atom. The molecule has 0 spiro atoms. The summed E-state index contributed by atoms with van der Waals surface area (Å²) in [5, 5.41) is 3.10. The second kappa shape index (κ2) is 7.51. The van der Waals surface area contributed by atoms with Crippen LogP contribution < -0.4 is 5.48 Å². The van der Waals surface area contributed by atoms with Crippen molar-refractivity contribution in [2.75, 3.05) is 6.61 Å². The molecule has 1 amide bonds. The van der Waals surface area contributed by atoms with Crippen LogP contribution in [0.1, 0.15) is 11.5 Å². The van der Waals surface area contributed by atoms with Gasteiger partial charge in [-0.1, -0.05) is 17.3 Å². The Labute approximate surface area is 135 Å². The predicted octanol–water partition coefficient (Wildman–Crippen LogP) is 2.75. The summed E-state index contributed by atoms with van der Waals surface area (Å²) in [6.07, 6.45) is -8.15. The van der Waals surface area contributed by atoms with Gasteiger partial charge in [-0.3, -0.25) is 9.63 Å². The van der Waals surface area contributed by atoms with Crippen LogP contribution in [0.25, 0.3) is 11.4 Å². The lowest BCUT2D eigenvalue weighted by molar-refractivity contribution is -0.159. The molecule has 1 aromatic heterocycles. The molecule has 0 aliphatic carbocycles. The molecule has 0 atom stereocenters. The van der Waals surface area contributed by atoms with Gasteiger partial charge < -0.3 is 4.52 Å². The molecule has 0 bridgehead atoms. The third-order valence-corrected chi connectivity index (χ3v) is 2.73. The molecule has 0 saturated heterocycles. The Morgan fingerprint density at radius 1 is 1.32 bits per heavy atom. The first kappa shape index (κ1) is 18.7. The van der Waals surface area contributed by atoms with Crippen LogP contribution in [0.2, 0.25) is 0 Å². The minimum atomic E-state index is -4.83. The van der Waals surface area contributed by atoms with Crippen molar-refractivity contribution in [3.8, 4) is 11.4 Å². The maximum atomic E-state index is 13.9. The van der Waals surface area contributed by atoms with E-state index < -0.39 is 49.1 Å². The van der Waals surface area contributed by atoms with Crippen LogP contribution >= 0.6 is 0 Å². The first-order valence-corrected chi connectivity index (χ1v) is 6.55. The van der Waals surface area contributed by atoms with Gasteiger partial charge in [0.25, 0.3) is 6.43 Å². The van der Waals surface area contributed by atoms with E-state index in [1.165, 1.54) is 6.07 Å². The number of alkyl halides is 5. The van der Waals surface area contributed by atoms with Gasteiger partial charge in [0.2, 0.25) is 11.7 Å². The zero-order valence-electron chi connectivity index (χ0n) is 12.1. The molecule has 6 nitrogen and oxygen atoms in total. The molecule has 12 heteroatoms. The van der Waals surface area contributed by atoms with Crippen molar-refractivity contribution < 1.29 is 40.5 Å². The molecular weight excluding hydrogens is 360 g/mol. The number of halogens is 6. The summed E-state index contributed by atoms with van der Waals surface area (Å²) < 4.78 is 78.8. The van der Waals surface area contributed by atoms with E-state index in [1.807, 2.05) is 0 Å². The van der Waals surface area contributed by atoms with Crippen LogP contribution in [0.15, 0.2) is 22.7 Å². The zero-order chi connectivity index (χ0) is 18.6. The molecule has 2 rings (SSSR count). The van der Waals surface area contributed by atoms with Crippen molar-refractivity contribution in [2.45, 2.75) is 19.0 Å². The number of hydrogen-bond donors (Lipinski definition) is 1. The van der Waals surface area contributed by atoms with Crippen LogP contribution in [0.3, 0.4) is 0 Å². The third-order valence-electron chi connectivity index (χ3n) is 2.73. The topological polar surface area (TPSA) is 77.2 Å². The number of benzene rings is 1. The van der Waals surface area contributed by atoms with Gasteiger partial charge in [0.15, 0.2) is 0 Å². The first-order chi connectivity index (χ1) is 11.7. The van der Waals surface area contributed by atoms with E-state index >= 15 is 0 Å². The quantitative estimate of drug-likeness (QED) is 0.626. The highest BCUT2D eigenvalue weighted by Crippen LogP contribution is 2.29. The lowest BCUT2D eigenvalue weighted by Crippen LogP contribution is -2.27. The van der Waals surface area contributed by atoms with Crippen LogP contribution in [-0.4, -0.2) is 29.1 Å². The number of hydrogen-bond acceptors (Lipinski definition) is 5. The van der Waals surface area contributed by atoms with Crippen molar-refractivity contribution in [1.82, 2.24) is 15.6 Å². The number of aromatic nitrogens is 2. The fraction of sp³-hybridized carbons (Fsp3) is 0.308. The average Bonchev–Trinajstić information content (AvgIpc) is 2.99. The van der Waals surface area contributed by atoms with Crippen molar-refractivity contribution in [3.05, 3.63) is 35.5 Å². The summed E-state index contributed by atoms with van der Waals surface area (Å²) >= 11 is 0. The average molecular weight is 369 g/mol.